The van der Waals surface area contributed by atoms with Crippen molar-refractivity contribution < 1.29 is 14.3 Å². The van der Waals surface area contributed by atoms with Crippen molar-refractivity contribution in [3.8, 4) is 0 Å². The normalized spacial score (nSPS) is 22.4. The molecular formula is C29H33ClN4O3S. The second kappa shape index (κ2) is 10.5. The summed E-state index contributed by atoms with van der Waals surface area (Å²) in [5.74, 6) is 1.36. The zero-order chi connectivity index (χ0) is 26.4. The molecule has 2 fully saturated rings. The van der Waals surface area contributed by atoms with Gasteiger partial charge < -0.3 is 9.64 Å². The van der Waals surface area contributed by atoms with Gasteiger partial charge in [0.1, 0.15) is 5.82 Å². The van der Waals surface area contributed by atoms with Crippen molar-refractivity contribution in [1.29, 1.82) is 0 Å². The summed E-state index contributed by atoms with van der Waals surface area (Å²) < 4.78 is 11.6. The second-order valence-corrected chi connectivity index (χ2v) is 12.1. The maximum Gasteiger partial charge on any atom is 0.310 e. The lowest BCUT2D eigenvalue weighted by atomic mass is 9.76. The summed E-state index contributed by atoms with van der Waals surface area (Å²) in [6, 6.07) is 12.4. The number of fused-ring (bicyclic) bond motifs is 2. The van der Waals surface area contributed by atoms with Crippen molar-refractivity contribution in [2.45, 2.75) is 45.8 Å². The molecule has 2 aliphatic heterocycles. The van der Waals surface area contributed by atoms with Crippen LogP contribution in [-0.2, 0) is 27.2 Å². The first-order valence-electron chi connectivity index (χ1n) is 13.5. The minimum Gasteiger partial charge on any atom is -0.441 e. The van der Waals surface area contributed by atoms with Crippen LogP contribution in [0.3, 0.4) is 0 Å². The Hall–Kier alpha value is -2.68. The molecule has 1 atom stereocenters. The molecule has 0 bridgehead atoms. The molecule has 1 saturated carbocycles. The van der Waals surface area contributed by atoms with Crippen LogP contribution in [-0.4, -0.2) is 60.1 Å². The van der Waals surface area contributed by atoms with Gasteiger partial charge in [-0.15, -0.1) is 0 Å². The third-order valence-electron chi connectivity index (χ3n) is 8.20. The summed E-state index contributed by atoms with van der Waals surface area (Å²) in [5, 5.41) is 1.89. The van der Waals surface area contributed by atoms with Crippen LogP contribution in [0.1, 0.15) is 37.8 Å². The fourth-order valence-corrected chi connectivity index (χ4v) is 7.02. The van der Waals surface area contributed by atoms with E-state index in [1.807, 2.05) is 6.07 Å². The highest BCUT2D eigenvalue weighted by Crippen LogP contribution is 2.38. The Morgan fingerprint density at radius 1 is 1.18 bits per heavy atom. The topological polar surface area (TPSA) is 66.0 Å². The highest BCUT2D eigenvalue weighted by molar-refractivity contribution is 7.13. The number of carbonyl (C=O) groups excluding carboxylic acids is 2. The fraction of sp³-hybridized carbons (Fsp3) is 0.483. The van der Waals surface area contributed by atoms with Crippen molar-refractivity contribution in [2.75, 3.05) is 42.5 Å². The number of aromatic nitrogens is 1. The van der Waals surface area contributed by atoms with Crippen molar-refractivity contribution in [3.63, 3.8) is 0 Å². The van der Waals surface area contributed by atoms with E-state index in [9.17, 15) is 9.59 Å². The minimum atomic E-state index is -0.639. The minimum absolute atomic E-state index is 0.0432. The smallest absolute Gasteiger partial charge is 0.310 e. The van der Waals surface area contributed by atoms with Gasteiger partial charge in [0.25, 0.3) is 0 Å². The molecule has 1 saturated heterocycles. The van der Waals surface area contributed by atoms with Crippen LogP contribution in [0.4, 0.5) is 11.5 Å². The Labute approximate surface area is 232 Å². The van der Waals surface area contributed by atoms with Gasteiger partial charge in [0.2, 0.25) is 5.91 Å². The standard InChI is InChI=1S/C29H33ClN4O3S/c1-18-13-22(14-18)29(36)37-19(2)34-25-17-24(30)20(15-21(25)16-27(34)35)7-8-32-9-11-33(12-10-32)28-23-5-3-4-6-26(23)38-31-28/h3-6,15,17-19,22H,7-14,16H2,1-2H3. The van der Waals surface area contributed by atoms with Gasteiger partial charge in [-0.1, -0.05) is 36.7 Å². The van der Waals surface area contributed by atoms with Crippen molar-refractivity contribution in [1.82, 2.24) is 9.27 Å². The molecule has 0 N–H and O–H groups in total. The molecule has 9 heteroatoms. The Morgan fingerprint density at radius 3 is 2.71 bits per heavy atom. The number of anilines is 2. The van der Waals surface area contributed by atoms with Gasteiger partial charge in [-0.3, -0.25) is 19.4 Å². The van der Waals surface area contributed by atoms with E-state index in [0.29, 0.717) is 17.4 Å². The average Bonchev–Trinajstić information content (AvgIpc) is 3.45. The molecule has 1 aromatic heterocycles. The second-order valence-electron chi connectivity index (χ2n) is 10.9. The summed E-state index contributed by atoms with van der Waals surface area (Å²) in [7, 11) is 0. The summed E-state index contributed by atoms with van der Waals surface area (Å²) in [5.41, 5.74) is 2.77. The molecule has 38 heavy (non-hydrogen) atoms. The van der Waals surface area contributed by atoms with Crippen LogP contribution >= 0.6 is 23.1 Å². The van der Waals surface area contributed by atoms with Crippen LogP contribution in [0.2, 0.25) is 5.02 Å². The molecule has 1 aliphatic carbocycles. The molecule has 7 nitrogen and oxygen atoms in total. The Balaban J connectivity index is 1.06. The van der Waals surface area contributed by atoms with Gasteiger partial charge in [-0.25, -0.2) is 0 Å². The monoisotopic (exact) mass is 552 g/mol. The molecule has 0 radical (unpaired) electrons. The summed E-state index contributed by atoms with van der Waals surface area (Å²) in [6.45, 7) is 8.67. The Morgan fingerprint density at radius 2 is 1.95 bits per heavy atom. The molecule has 0 spiro atoms. The number of hydrogen-bond acceptors (Lipinski definition) is 7. The zero-order valence-electron chi connectivity index (χ0n) is 21.9. The summed E-state index contributed by atoms with van der Waals surface area (Å²) >= 11 is 8.28. The predicted octanol–water partition coefficient (Wildman–Crippen LogP) is 5.14. The first-order valence-corrected chi connectivity index (χ1v) is 14.7. The molecule has 3 aliphatic rings. The number of esters is 1. The van der Waals surface area contributed by atoms with Crippen molar-refractivity contribution >= 4 is 56.6 Å². The van der Waals surface area contributed by atoms with Crippen LogP contribution in [0.25, 0.3) is 10.1 Å². The van der Waals surface area contributed by atoms with E-state index >= 15 is 0 Å². The zero-order valence-corrected chi connectivity index (χ0v) is 23.4. The molecule has 2 aromatic carbocycles. The van der Waals surface area contributed by atoms with Gasteiger partial charge in [-0.2, -0.15) is 4.37 Å². The van der Waals surface area contributed by atoms with Crippen LogP contribution in [0.15, 0.2) is 36.4 Å². The van der Waals surface area contributed by atoms with Crippen LogP contribution in [0.5, 0.6) is 0 Å². The third kappa shape index (κ3) is 4.90. The molecule has 200 valence electrons. The number of rotatable bonds is 7. The highest BCUT2D eigenvalue weighted by Gasteiger charge is 2.37. The highest BCUT2D eigenvalue weighted by atomic mass is 35.5. The molecular weight excluding hydrogens is 520 g/mol. The lowest BCUT2D eigenvalue weighted by Gasteiger charge is -2.35. The predicted molar refractivity (Wildman–Crippen MR) is 152 cm³/mol. The number of hydrogen-bond donors (Lipinski definition) is 0. The lowest BCUT2D eigenvalue weighted by Crippen LogP contribution is -2.47. The number of amides is 1. The number of benzene rings is 2. The first kappa shape index (κ1) is 25.6. The van der Waals surface area contributed by atoms with E-state index in [2.05, 4.69) is 47.1 Å². The number of ether oxygens (including phenoxy) is 1. The van der Waals surface area contributed by atoms with E-state index in [1.54, 1.807) is 23.4 Å². The van der Waals surface area contributed by atoms with E-state index in [1.165, 1.54) is 10.1 Å². The SMILES string of the molecule is CC1CC(C(=O)OC(C)N2C(=O)Cc3cc(CCN4CCN(c5nsc6ccccc56)CC4)c(Cl)cc32)C1. The van der Waals surface area contributed by atoms with Gasteiger partial charge >= 0.3 is 5.97 Å². The summed E-state index contributed by atoms with van der Waals surface area (Å²) in [6.07, 6.45) is 2.22. The van der Waals surface area contributed by atoms with Gasteiger partial charge in [-0.05, 0) is 73.0 Å². The van der Waals surface area contributed by atoms with E-state index in [-0.39, 0.29) is 17.8 Å². The van der Waals surface area contributed by atoms with E-state index in [0.717, 1.165) is 74.6 Å². The maximum atomic E-state index is 12.9. The van der Waals surface area contributed by atoms with Gasteiger partial charge in [0, 0.05) is 43.1 Å². The number of halogens is 1. The molecule has 3 heterocycles. The lowest BCUT2D eigenvalue weighted by molar-refractivity contribution is -0.158. The molecule has 1 amide bonds. The van der Waals surface area contributed by atoms with Gasteiger partial charge in [0.15, 0.2) is 6.23 Å². The van der Waals surface area contributed by atoms with Crippen LogP contribution in [0, 0.1) is 11.8 Å². The molecule has 3 aromatic rings. The Bertz CT molecular complexity index is 1360. The largest absolute Gasteiger partial charge is 0.441 e. The molecule has 6 rings (SSSR count). The van der Waals surface area contributed by atoms with Crippen molar-refractivity contribution in [3.05, 3.63) is 52.5 Å². The van der Waals surface area contributed by atoms with Crippen LogP contribution < -0.4 is 9.80 Å². The third-order valence-corrected chi connectivity index (χ3v) is 9.37. The fourth-order valence-electron chi connectivity index (χ4n) is 5.97. The van der Waals surface area contributed by atoms with E-state index < -0.39 is 6.23 Å². The quantitative estimate of drug-likeness (QED) is 0.378. The average molecular weight is 553 g/mol. The Kier molecular flexibility index (Phi) is 7.05. The number of piperazine rings is 1. The number of nitrogens with zero attached hydrogens (tertiary/aromatic N) is 4. The van der Waals surface area contributed by atoms with Gasteiger partial charge in [0.05, 0.1) is 22.7 Å². The van der Waals surface area contributed by atoms with E-state index in [4.69, 9.17) is 20.7 Å². The number of carbonyl (C=O) groups is 2. The summed E-state index contributed by atoms with van der Waals surface area (Å²) in [4.78, 5) is 31.8. The first-order chi connectivity index (χ1) is 18.4. The maximum absolute atomic E-state index is 12.9. The van der Waals surface area contributed by atoms with Crippen molar-refractivity contribution in [2.24, 2.45) is 11.8 Å². The molecule has 1 unspecified atom stereocenters.